The summed E-state index contributed by atoms with van der Waals surface area (Å²) in [7, 11) is 0. The lowest BCUT2D eigenvalue weighted by Gasteiger charge is -2.24. The van der Waals surface area contributed by atoms with E-state index in [4.69, 9.17) is 0 Å². The van der Waals surface area contributed by atoms with Gasteiger partial charge >= 0.3 is 0 Å². The third-order valence-corrected chi connectivity index (χ3v) is 4.78. The van der Waals surface area contributed by atoms with Gasteiger partial charge in [0, 0.05) is 36.8 Å². The van der Waals surface area contributed by atoms with Crippen LogP contribution in [-0.2, 0) is 0 Å². The van der Waals surface area contributed by atoms with E-state index in [1.54, 1.807) is 11.1 Å². The summed E-state index contributed by atoms with van der Waals surface area (Å²) in [5.74, 6) is 2.42. The van der Waals surface area contributed by atoms with Crippen molar-refractivity contribution in [1.82, 2.24) is 9.88 Å². The van der Waals surface area contributed by atoms with E-state index in [1.807, 2.05) is 37.7 Å². The largest absolute Gasteiger partial charge is 0.381 e. The van der Waals surface area contributed by atoms with E-state index in [9.17, 15) is 4.79 Å². The molecule has 0 saturated carbocycles. The first-order chi connectivity index (χ1) is 9.74. The molecule has 2 heterocycles. The van der Waals surface area contributed by atoms with Crippen molar-refractivity contribution >= 4 is 23.4 Å². The van der Waals surface area contributed by atoms with Crippen LogP contribution in [0.15, 0.2) is 18.3 Å². The molecule has 1 fully saturated rings. The number of hydrogen-bond donors (Lipinski definition) is 1. The van der Waals surface area contributed by atoms with Crippen LogP contribution >= 0.6 is 11.8 Å². The number of nitrogens with zero attached hydrogens (tertiary/aromatic N) is 2. The Hall–Kier alpha value is -1.23. The lowest BCUT2D eigenvalue weighted by atomic mass is 10.1. The van der Waals surface area contributed by atoms with Gasteiger partial charge in [0.05, 0.1) is 0 Å². The van der Waals surface area contributed by atoms with Gasteiger partial charge in [-0.25, -0.2) is 0 Å². The van der Waals surface area contributed by atoms with E-state index in [0.29, 0.717) is 24.8 Å². The fourth-order valence-electron chi connectivity index (χ4n) is 2.40. The third kappa shape index (κ3) is 3.88. The summed E-state index contributed by atoms with van der Waals surface area (Å²) < 4.78 is 0. The number of aromatic nitrogens is 1. The highest BCUT2D eigenvalue weighted by molar-refractivity contribution is 7.99. The zero-order valence-electron chi connectivity index (χ0n) is 12.3. The Morgan fingerprint density at radius 2 is 2.30 bits per heavy atom. The van der Waals surface area contributed by atoms with E-state index in [2.05, 4.69) is 10.3 Å². The van der Waals surface area contributed by atoms with Crippen LogP contribution in [0.2, 0.25) is 0 Å². The van der Waals surface area contributed by atoms with E-state index >= 15 is 0 Å². The van der Waals surface area contributed by atoms with Crippen LogP contribution in [0.3, 0.4) is 0 Å². The van der Waals surface area contributed by atoms with Crippen LogP contribution in [0.1, 0.15) is 37.2 Å². The van der Waals surface area contributed by atoms with Crippen LogP contribution in [0.4, 0.5) is 5.69 Å². The fraction of sp³-hybridized carbons (Fsp3) is 0.600. The molecule has 0 bridgehead atoms. The molecule has 1 N–H and O–H groups in total. The van der Waals surface area contributed by atoms with Crippen molar-refractivity contribution < 1.29 is 4.79 Å². The third-order valence-electron chi connectivity index (χ3n) is 3.56. The first kappa shape index (κ1) is 15.2. The quantitative estimate of drug-likeness (QED) is 0.906. The summed E-state index contributed by atoms with van der Waals surface area (Å²) in [5.41, 5.74) is 1.53. The number of hydrogen-bond acceptors (Lipinski definition) is 4. The lowest BCUT2D eigenvalue weighted by molar-refractivity contribution is 0.0767. The van der Waals surface area contributed by atoms with Gasteiger partial charge in [-0.2, -0.15) is 11.8 Å². The number of thioether (sulfide) groups is 1. The maximum absolute atomic E-state index is 12.3. The van der Waals surface area contributed by atoms with Crippen molar-refractivity contribution in [3.8, 4) is 0 Å². The fourth-order valence-corrected chi connectivity index (χ4v) is 3.47. The summed E-state index contributed by atoms with van der Waals surface area (Å²) in [6.45, 7) is 5.41. The normalized spacial score (nSPS) is 18.6. The molecule has 0 aromatic carbocycles. The van der Waals surface area contributed by atoms with Gasteiger partial charge < -0.3 is 10.2 Å². The molecule has 1 aromatic rings. The summed E-state index contributed by atoms with van der Waals surface area (Å²) >= 11 is 1.99. The molecule has 0 spiro atoms. The Morgan fingerprint density at radius 1 is 1.50 bits per heavy atom. The Morgan fingerprint density at radius 3 is 2.95 bits per heavy atom. The molecule has 1 atom stereocenters. The molecule has 110 valence electrons. The second-order valence-electron chi connectivity index (χ2n) is 4.97. The predicted molar refractivity (Wildman–Crippen MR) is 85.5 cm³/mol. The highest BCUT2D eigenvalue weighted by atomic mass is 32.2. The maximum atomic E-state index is 12.3. The molecule has 4 nitrogen and oxygen atoms in total. The molecule has 5 heteroatoms. The summed E-state index contributed by atoms with van der Waals surface area (Å²) in [5, 5.41) is 3.52. The van der Waals surface area contributed by atoms with Crippen molar-refractivity contribution in [2.24, 2.45) is 0 Å². The van der Waals surface area contributed by atoms with E-state index in [1.165, 1.54) is 18.6 Å². The van der Waals surface area contributed by atoms with Gasteiger partial charge in [-0.1, -0.05) is 0 Å². The number of carbonyl (C=O) groups excluding carboxylic acids is 1. The molecule has 20 heavy (non-hydrogen) atoms. The first-order valence-corrected chi connectivity index (χ1v) is 8.49. The Balaban J connectivity index is 2.05. The van der Waals surface area contributed by atoms with Crippen molar-refractivity contribution in [1.29, 1.82) is 0 Å². The average Bonchev–Trinajstić information content (AvgIpc) is 2.49. The van der Waals surface area contributed by atoms with Crippen molar-refractivity contribution in [2.75, 3.05) is 29.9 Å². The SMILES string of the molecule is CCN(CC)C(=O)c1cc(NC2CCCSC2)ccn1. The first-order valence-electron chi connectivity index (χ1n) is 7.34. The average molecular weight is 293 g/mol. The summed E-state index contributed by atoms with van der Waals surface area (Å²) in [4.78, 5) is 18.3. The van der Waals surface area contributed by atoms with Crippen LogP contribution < -0.4 is 5.32 Å². The maximum Gasteiger partial charge on any atom is 0.272 e. The molecule has 1 aromatic heterocycles. The van der Waals surface area contributed by atoms with Crippen molar-refractivity contribution in [3.05, 3.63) is 24.0 Å². The zero-order chi connectivity index (χ0) is 14.4. The number of pyridine rings is 1. The Labute approximate surface area is 125 Å². The van der Waals surface area contributed by atoms with E-state index in [0.717, 1.165) is 11.4 Å². The zero-order valence-corrected chi connectivity index (χ0v) is 13.1. The molecule has 0 aliphatic carbocycles. The second kappa shape index (κ2) is 7.53. The predicted octanol–water partition coefficient (Wildman–Crippen LogP) is 2.87. The Kier molecular flexibility index (Phi) is 5.71. The minimum Gasteiger partial charge on any atom is -0.381 e. The molecule has 1 saturated heterocycles. The molecular formula is C15H23N3OS. The smallest absolute Gasteiger partial charge is 0.272 e. The van der Waals surface area contributed by atoms with Gasteiger partial charge in [0.1, 0.15) is 5.69 Å². The highest BCUT2D eigenvalue weighted by Gasteiger charge is 2.16. The summed E-state index contributed by atoms with van der Waals surface area (Å²) in [6.07, 6.45) is 4.18. The van der Waals surface area contributed by atoms with Gasteiger partial charge in [-0.15, -0.1) is 0 Å². The molecule has 1 aliphatic heterocycles. The molecular weight excluding hydrogens is 270 g/mol. The van der Waals surface area contributed by atoms with Gasteiger partial charge in [0.15, 0.2) is 0 Å². The number of rotatable bonds is 5. The molecule has 2 rings (SSSR count). The van der Waals surface area contributed by atoms with E-state index < -0.39 is 0 Å². The minimum absolute atomic E-state index is 0.0108. The molecule has 0 radical (unpaired) electrons. The van der Waals surface area contributed by atoms with Gasteiger partial charge in [0.2, 0.25) is 0 Å². The molecule has 1 unspecified atom stereocenters. The molecule has 1 amide bonds. The number of anilines is 1. The Bertz CT molecular complexity index is 442. The highest BCUT2D eigenvalue weighted by Crippen LogP contribution is 2.21. The standard InChI is InChI=1S/C15H23N3OS/c1-3-18(4-2)15(19)14-10-12(7-8-16-14)17-13-6-5-9-20-11-13/h7-8,10,13H,3-6,9,11H2,1-2H3,(H,16,17). The van der Waals surface area contributed by atoms with Crippen LogP contribution in [-0.4, -0.2) is 46.4 Å². The number of carbonyl (C=O) groups is 1. The summed E-state index contributed by atoms with van der Waals surface area (Å²) in [6, 6.07) is 4.32. The van der Waals surface area contributed by atoms with Crippen LogP contribution in [0.5, 0.6) is 0 Å². The van der Waals surface area contributed by atoms with Gasteiger partial charge in [0.25, 0.3) is 5.91 Å². The van der Waals surface area contributed by atoms with Crippen molar-refractivity contribution in [2.45, 2.75) is 32.7 Å². The van der Waals surface area contributed by atoms with Crippen LogP contribution in [0.25, 0.3) is 0 Å². The van der Waals surface area contributed by atoms with Crippen LogP contribution in [0, 0.1) is 0 Å². The lowest BCUT2D eigenvalue weighted by Crippen LogP contribution is -2.31. The number of nitrogens with one attached hydrogen (secondary N) is 1. The van der Waals surface area contributed by atoms with Crippen molar-refractivity contribution in [3.63, 3.8) is 0 Å². The van der Waals surface area contributed by atoms with Gasteiger partial charge in [-0.05, 0) is 44.6 Å². The topological polar surface area (TPSA) is 45.2 Å². The monoisotopic (exact) mass is 293 g/mol. The van der Waals surface area contributed by atoms with Gasteiger partial charge in [-0.3, -0.25) is 9.78 Å². The number of amides is 1. The molecule has 1 aliphatic rings. The van der Waals surface area contributed by atoms with E-state index in [-0.39, 0.29) is 5.91 Å². The minimum atomic E-state index is 0.0108. The second-order valence-corrected chi connectivity index (χ2v) is 6.12.